The highest BCUT2D eigenvalue weighted by atomic mass is 35.5. The van der Waals surface area contributed by atoms with Crippen LogP contribution in [0.3, 0.4) is 0 Å². The molecule has 0 radical (unpaired) electrons. The van der Waals surface area contributed by atoms with E-state index in [-0.39, 0.29) is 0 Å². The van der Waals surface area contributed by atoms with Gasteiger partial charge in [0.05, 0.1) is 24.4 Å². The van der Waals surface area contributed by atoms with Crippen molar-refractivity contribution in [3.63, 3.8) is 0 Å². The normalized spacial score (nSPS) is 10.5. The van der Waals surface area contributed by atoms with E-state index in [9.17, 15) is 0 Å². The van der Waals surface area contributed by atoms with Crippen LogP contribution in [0.15, 0.2) is 48.7 Å². The maximum Gasteiger partial charge on any atom is 0.187 e. The number of methoxy groups -OCH3 is 1. The molecule has 0 aliphatic carbocycles. The molecule has 3 aromatic rings. The number of thiazole rings is 1. The summed E-state index contributed by atoms with van der Waals surface area (Å²) in [5.74, 6) is 0.833. The number of anilines is 3. The molecule has 0 unspecified atom stereocenters. The van der Waals surface area contributed by atoms with E-state index in [1.54, 1.807) is 18.4 Å². The van der Waals surface area contributed by atoms with Gasteiger partial charge in [-0.25, -0.2) is 4.98 Å². The van der Waals surface area contributed by atoms with Crippen molar-refractivity contribution in [3.8, 4) is 5.75 Å². The molecule has 124 valence electrons. The maximum absolute atomic E-state index is 6.24. The third-order valence-electron chi connectivity index (χ3n) is 3.56. The molecule has 0 aliphatic rings. The number of rotatable bonds is 6. The highest BCUT2D eigenvalue weighted by Crippen LogP contribution is 2.28. The van der Waals surface area contributed by atoms with Gasteiger partial charge in [-0.1, -0.05) is 35.1 Å². The molecule has 0 aliphatic heterocycles. The van der Waals surface area contributed by atoms with Gasteiger partial charge in [-0.3, -0.25) is 0 Å². The predicted molar refractivity (Wildman–Crippen MR) is 102 cm³/mol. The molecule has 4 nitrogen and oxygen atoms in total. The van der Waals surface area contributed by atoms with Crippen LogP contribution in [-0.4, -0.2) is 12.1 Å². The Hall–Kier alpha value is -2.24. The van der Waals surface area contributed by atoms with Crippen molar-refractivity contribution in [1.29, 1.82) is 0 Å². The van der Waals surface area contributed by atoms with E-state index >= 15 is 0 Å². The Bertz CT molecular complexity index is 797. The molecule has 0 amide bonds. The molecule has 3 rings (SSSR count). The lowest BCUT2D eigenvalue weighted by Crippen LogP contribution is -1.99. The van der Waals surface area contributed by atoms with Crippen LogP contribution in [0.1, 0.15) is 10.4 Å². The van der Waals surface area contributed by atoms with Gasteiger partial charge in [0.25, 0.3) is 0 Å². The van der Waals surface area contributed by atoms with Gasteiger partial charge in [0.15, 0.2) is 5.13 Å². The van der Waals surface area contributed by atoms with Gasteiger partial charge in [-0.05, 0) is 42.8 Å². The fraction of sp³-hybridized carbons (Fsp3) is 0.167. The predicted octanol–water partition coefficient (Wildman–Crippen LogP) is 5.47. The van der Waals surface area contributed by atoms with Crippen LogP contribution in [0.25, 0.3) is 0 Å². The molecule has 2 aromatic carbocycles. The average Bonchev–Trinajstić information content (AvgIpc) is 3.02. The first-order valence-electron chi connectivity index (χ1n) is 7.50. The third-order valence-corrected chi connectivity index (χ3v) is 4.78. The smallest absolute Gasteiger partial charge is 0.187 e. The van der Waals surface area contributed by atoms with Gasteiger partial charge < -0.3 is 15.4 Å². The summed E-state index contributed by atoms with van der Waals surface area (Å²) in [5.41, 5.74) is 3.08. The minimum atomic E-state index is 0.687. The summed E-state index contributed by atoms with van der Waals surface area (Å²) in [4.78, 5) is 5.54. The summed E-state index contributed by atoms with van der Waals surface area (Å²) in [6, 6.07) is 13.6. The fourth-order valence-electron chi connectivity index (χ4n) is 2.28. The van der Waals surface area contributed by atoms with E-state index in [0.29, 0.717) is 6.54 Å². The van der Waals surface area contributed by atoms with Crippen LogP contribution in [0, 0.1) is 6.92 Å². The zero-order valence-electron chi connectivity index (χ0n) is 13.5. The van der Waals surface area contributed by atoms with Gasteiger partial charge in [-0.2, -0.15) is 0 Å². The van der Waals surface area contributed by atoms with Crippen molar-refractivity contribution in [2.75, 3.05) is 17.7 Å². The highest BCUT2D eigenvalue weighted by Gasteiger charge is 2.06. The fourth-order valence-corrected chi connectivity index (χ4v) is 3.34. The summed E-state index contributed by atoms with van der Waals surface area (Å²) < 4.78 is 5.16. The van der Waals surface area contributed by atoms with Crippen LogP contribution in [0.4, 0.5) is 16.5 Å². The molecule has 2 N–H and O–H groups in total. The maximum atomic E-state index is 6.24. The zero-order chi connectivity index (χ0) is 16.9. The van der Waals surface area contributed by atoms with E-state index < -0.39 is 0 Å². The number of para-hydroxylation sites is 1. The lowest BCUT2D eigenvalue weighted by Gasteiger charge is -2.10. The molecule has 0 atom stereocenters. The first-order valence-corrected chi connectivity index (χ1v) is 8.70. The third kappa shape index (κ3) is 3.99. The number of hydrogen-bond acceptors (Lipinski definition) is 5. The van der Waals surface area contributed by atoms with E-state index in [1.165, 1.54) is 0 Å². The van der Waals surface area contributed by atoms with Crippen LogP contribution in [0.2, 0.25) is 5.02 Å². The van der Waals surface area contributed by atoms with Gasteiger partial charge in [0.1, 0.15) is 5.75 Å². The van der Waals surface area contributed by atoms with Gasteiger partial charge in [0.2, 0.25) is 0 Å². The number of benzene rings is 2. The number of aryl methyl sites for hydroxylation is 1. The minimum absolute atomic E-state index is 0.687. The van der Waals surface area contributed by atoms with Crippen LogP contribution in [-0.2, 0) is 6.54 Å². The topological polar surface area (TPSA) is 46.2 Å². The summed E-state index contributed by atoms with van der Waals surface area (Å²) in [6.45, 7) is 2.73. The minimum Gasteiger partial charge on any atom is -0.497 e. The molecule has 0 saturated heterocycles. The monoisotopic (exact) mass is 359 g/mol. The first kappa shape index (κ1) is 16.6. The summed E-state index contributed by atoms with van der Waals surface area (Å²) >= 11 is 7.85. The number of nitrogens with zero attached hydrogens (tertiary/aromatic N) is 1. The van der Waals surface area contributed by atoms with E-state index in [4.69, 9.17) is 16.3 Å². The summed E-state index contributed by atoms with van der Waals surface area (Å²) in [6.07, 6.45) is 1.87. The van der Waals surface area contributed by atoms with E-state index in [2.05, 4.69) is 15.6 Å². The molecule has 0 saturated carbocycles. The molecule has 24 heavy (non-hydrogen) atoms. The molecule has 1 aromatic heterocycles. The second kappa shape index (κ2) is 7.55. The van der Waals surface area contributed by atoms with Crippen molar-refractivity contribution < 1.29 is 4.74 Å². The van der Waals surface area contributed by atoms with Crippen molar-refractivity contribution in [1.82, 2.24) is 4.98 Å². The first-order chi connectivity index (χ1) is 11.7. The Morgan fingerprint density at radius 3 is 2.67 bits per heavy atom. The number of aromatic nitrogens is 1. The summed E-state index contributed by atoms with van der Waals surface area (Å²) in [7, 11) is 1.66. The van der Waals surface area contributed by atoms with E-state index in [0.717, 1.165) is 37.7 Å². The molecule has 0 bridgehead atoms. The van der Waals surface area contributed by atoms with Gasteiger partial charge >= 0.3 is 0 Å². The van der Waals surface area contributed by atoms with Crippen molar-refractivity contribution in [2.45, 2.75) is 13.5 Å². The molecule has 0 spiro atoms. The second-order valence-electron chi connectivity index (χ2n) is 5.27. The number of ether oxygens (including phenoxy) is 1. The van der Waals surface area contributed by atoms with Gasteiger partial charge in [0, 0.05) is 16.8 Å². The van der Waals surface area contributed by atoms with Crippen molar-refractivity contribution >= 4 is 39.4 Å². The second-order valence-corrected chi connectivity index (χ2v) is 6.79. The lowest BCUT2D eigenvalue weighted by atomic mass is 10.2. The number of nitrogens with one attached hydrogen (secondary N) is 2. The Balaban J connectivity index is 1.63. The lowest BCUT2D eigenvalue weighted by molar-refractivity contribution is 0.415. The zero-order valence-corrected chi connectivity index (χ0v) is 15.0. The molecular formula is C18H18ClN3OS. The molecule has 0 fully saturated rings. The highest BCUT2D eigenvalue weighted by molar-refractivity contribution is 7.15. The molecule has 1 heterocycles. The van der Waals surface area contributed by atoms with Crippen molar-refractivity contribution in [2.24, 2.45) is 0 Å². The average molecular weight is 360 g/mol. The molecule has 6 heteroatoms. The van der Waals surface area contributed by atoms with Crippen LogP contribution in [0.5, 0.6) is 5.75 Å². The molecular weight excluding hydrogens is 342 g/mol. The van der Waals surface area contributed by atoms with Crippen molar-refractivity contribution in [3.05, 3.63) is 64.1 Å². The Morgan fingerprint density at radius 1 is 1.17 bits per heavy atom. The number of halogens is 1. The Morgan fingerprint density at radius 2 is 1.96 bits per heavy atom. The SMILES string of the molecule is COc1ccc(Nc2ncc(CNc3c(C)cccc3Cl)s2)cc1. The Kier molecular flexibility index (Phi) is 5.23. The Labute approximate surface area is 150 Å². The summed E-state index contributed by atoms with van der Waals surface area (Å²) in [5, 5.41) is 8.27. The quantitative estimate of drug-likeness (QED) is 0.612. The van der Waals surface area contributed by atoms with Crippen LogP contribution < -0.4 is 15.4 Å². The van der Waals surface area contributed by atoms with Crippen LogP contribution >= 0.6 is 22.9 Å². The van der Waals surface area contributed by atoms with Gasteiger partial charge in [-0.15, -0.1) is 0 Å². The van der Waals surface area contributed by atoms with E-state index in [1.807, 2.05) is 55.6 Å². The largest absolute Gasteiger partial charge is 0.497 e. The number of hydrogen-bond donors (Lipinski definition) is 2. The standard InChI is InChI=1S/C18H18ClN3OS/c1-12-4-3-5-16(19)17(12)20-10-15-11-21-18(24-15)22-13-6-8-14(23-2)9-7-13/h3-9,11,20H,10H2,1-2H3,(H,21,22).